The molecule has 1 aliphatic carbocycles. The maximum absolute atomic E-state index is 15.4. The number of fused-ring (bicyclic) bond motifs is 5. The second kappa shape index (κ2) is 23.3. The fourth-order valence-corrected chi connectivity index (χ4v) is 14.9. The van der Waals surface area contributed by atoms with Crippen molar-refractivity contribution >= 4 is 46.3 Å². The molecule has 6 aliphatic rings. The van der Waals surface area contributed by atoms with Gasteiger partial charge in [0, 0.05) is 110 Å². The molecule has 80 heavy (non-hydrogen) atoms. The van der Waals surface area contributed by atoms with Crippen molar-refractivity contribution in [1.82, 2.24) is 25.4 Å². The van der Waals surface area contributed by atoms with E-state index in [9.17, 15) is 34.8 Å². The number of nitrogens with zero attached hydrogens (tertiary/aromatic N) is 3. The first-order valence-electron chi connectivity index (χ1n) is 28.5. The van der Waals surface area contributed by atoms with Crippen molar-refractivity contribution < 1.29 is 72.8 Å². The van der Waals surface area contributed by atoms with E-state index >= 15 is 9.59 Å². The molecule has 0 radical (unpaired) electrons. The molecule has 438 valence electrons. The van der Waals surface area contributed by atoms with Gasteiger partial charge in [-0.1, -0.05) is 51.1 Å². The lowest BCUT2D eigenvalue weighted by Crippen LogP contribution is -2.81. The van der Waals surface area contributed by atoms with E-state index in [1.165, 1.54) is 21.1 Å². The number of benzene rings is 2. The third kappa shape index (κ3) is 9.55. The van der Waals surface area contributed by atoms with Crippen molar-refractivity contribution in [2.45, 2.75) is 163 Å². The van der Waals surface area contributed by atoms with Crippen LogP contribution < -0.4 is 20.3 Å². The van der Waals surface area contributed by atoms with E-state index in [-0.39, 0.29) is 58.5 Å². The number of rotatable bonds is 23. The maximum Gasteiger partial charge on any atom is 0.328 e. The molecule has 3 fully saturated rings. The Hall–Kier alpha value is -5.65. The van der Waals surface area contributed by atoms with Crippen LogP contribution in [0, 0.1) is 5.41 Å². The summed E-state index contributed by atoms with van der Waals surface area (Å²) in [5, 5.41) is 54.7. The predicted molar refractivity (Wildman–Crippen MR) is 293 cm³/mol. The average molecular weight is 1120 g/mol. The number of methoxy groups -OCH3 is 3. The van der Waals surface area contributed by atoms with Crippen LogP contribution in [0.25, 0.3) is 10.9 Å². The molecule has 2 amide bonds. The SMILES string of the molecule is CCC(CO)OC(COC(=O)CCCC(=O)N[C@H](C)C(=O)OCCCNC(=O)[C@]1(O)C2N(C)c3cc(OC)c([C@@]4(C(=O)OC)C[C@H]5N(CCC5(O)CC)Cc5c4[nH]c4ccccc54)cc3[C@@]23CCN2CC=C[C@](CC)(C23)[C@H]1O)OC. The number of likely N-dealkylation sites (N-methyl/N-ethyl adjacent to an activating group) is 1. The Morgan fingerprint density at radius 3 is 2.39 bits per heavy atom. The Morgan fingerprint density at radius 2 is 1.69 bits per heavy atom. The molecule has 2 saturated heterocycles. The fourth-order valence-electron chi connectivity index (χ4n) is 14.9. The smallest absolute Gasteiger partial charge is 0.328 e. The molecule has 0 bridgehead atoms. The van der Waals surface area contributed by atoms with Crippen LogP contribution in [0.4, 0.5) is 5.69 Å². The number of aromatic amines is 1. The number of esters is 3. The summed E-state index contributed by atoms with van der Waals surface area (Å²) in [5.41, 5.74) is -2.75. The van der Waals surface area contributed by atoms with Crippen molar-refractivity contribution in [3.05, 3.63) is 70.9 Å². The first kappa shape index (κ1) is 59.0. The van der Waals surface area contributed by atoms with Crippen molar-refractivity contribution in [3.63, 3.8) is 0 Å². The number of aliphatic hydroxyl groups excluding tert-OH is 2. The lowest BCUT2D eigenvalue weighted by Gasteiger charge is -2.63. The molecular formula is C59H82N6O15. The Kier molecular flexibility index (Phi) is 17.2. The van der Waals surface area contributed by atoms with Crippen LogP contribution in [0.5, 0.6) is 5.75 Å². The summed E-state index contributed by atoms with van der Waals surface area (Å²) in [4.78, 5) is 78.8. The molecule has 21 nitrogen and oxygen atoms in total. The minimum absolute atomic E-state index is 0.0362. The number of anilines is 1. The average Bonchev–Trinajstić information content (AvgIpc) is 3.70. The summed E-state index contributed by atoms with van der Waals surface area (Å²) < 4.78 is 33.7. The van der Waals surface area contributed by atoms with E-state index < -0.39 is 99.8 Å². The van der Waals surface area contributed by atoms with Crippen molar-refractivity contribution in [3.8, 4) is 5.75 Å². The van der Waals surface area contributed by atoms with Crippen LogP contribution in [-0.4, -0.2) is 193 Å². The summed E-state index contributed by atoms with van der Waals surface area (Å²) in [6.07, 6.45) is 3.84. The third-order valence-corrected chi connectivity index (χ3v) is 18.9. The largest absolute Gasteiger partial charge is 0.496 e. The van der Waals surface area contributed by atoms with Crippen LogP contribution in [0.15, 0.2) is 48.6 Å². The van der Waals surface area contributed by atoms with Crippen LogP contribution in [-0.2, 0) is 65.0 Å². The van der Waals surface area contributed by atoms with Gasteiger partial charge >= 0.3 is 17.9 Å². The molecule has 3 aromatic rings. The Balaban J connectivity index is 0.952. The van der Waals surface area contributed by atoms with Gasteiger partial charge in [-0.05, 0) is 88.1 Å². The van der Waals surface area contributed by atoms with E-state index in [2.05, 4.69) is 25.4 Å². The van der Waals surface area contributed by atoms with E-state index in [1.807, 2.05) is 81.3 Å². The quantitative estimate of drug-likeness (QED) is 0.0237. The topological polar surface area (TPSA) is 271 Å². The minimum Gasteiger partial charge on any atom is -0.496 e. The normalized spacial score (nSPS) is 30.5. The molecule has 21 heteroatoms. The number of hydrogen-bond donors (Lipinski definition) is 7. The van der Waals surface area contributed by atoms with Gasteiger partial charge in [0.2, 0.25) is 5.91 Å². The monoisotopic (exact) mass is 1110 g/mol. The Morgan fingerprint density at radius 1 is 0.925 bits per heavy atom. The first-order chi connectivity index (χ1) is 38.3. The van der Waals surface area contributed by atoms with Gasteiger partial charge in [-0.2, -0.15) is 0 Å². The van der Waals surface area contributed by atoms with Gasteiger partial charge in [-0.15, -0.1) is 0 Å². The molecule has 2 aromatic carbocycles. The van der Waals surface area contributed by atoms with Gasteiger partial charge in [-0.25, -0.2) is 4.79 Å². The highest BCUT2D eigenvalue weighted by molar-refractivity contribution is 5.95. The van der Waals surface area contributed by atoms with E-state index in [0.717, 1.165) is 22.0 Å². The molecule has 12 atom stereocenters. The second-order valence-electron chi connectivity index (χ2n) is 22.8. The van der Waals surface area contributed by atoms with Crippen LogP contribution in [0.2, 0.25) is 0 Å². The molecule has 1 aromatic heterocycles. The summed E-state index contributed by atoms with van der Waals surface area (Å²) in [6, 6.07) is 9.02. The van der Waals surface area contributed by atoms with Gasteiger partial charge in [0.1, 0.15) is 29.9 Å². The summed E-state index contributed by atoms with van der Waals surface area (Å²) in [6.45, 7) is 9.00. The Bertz CT molecular complexity index is 2840. The number of amides is 2. The standard InChI is InChI=1S/C59H82N6O15/c1-9-36(33-66)80-47(76-7)34-79-46(68)20-14-19-45(67)61-35(4)49(69)78-28-16-24-60-53(71)59(74)51-57(23-27-64-25-15-21-55(10-2,50(57)64)52(59)70)39-29-40(43(75-6)30-42(39)63(51)5)58(54(72)77-8)31-44-56(73,11-3)22-26-65(44)32-38-37-17-12-13-18-41(37)62-48(38)58/h12-13,15,17-18,21,29-30,35-36,44,47,50-52,62,66,70,73-74H,9-11,14,16,19-20,22-28,31-34H2,1-8H3,(H,60,71)(H,61,67)/t35-,36?,44-,47?,50?,51?,52-,55-,56?,57-,58+,59+/m1/s1. The van der Waals surface area contributed by atoms with Gasteiger partial charge < -0.3 is 69.4 Å². The first-order valence-corrected chi connectivity index (χ1v) is 28.5. The number of carbonyl (C=O) groups excluding carboxylic acids is 5. The minimum atomic E-state index is -2.43. The number of aromatic nitrogens is 1. The second-order valence-corrected chi connectivity index (χ2v) is 22.8. The number of hydrogen-bond acceptors (Lipinski definition) is 18. The number of ether oxygens (including phenoxy) is 6. The van der Waals surface area contributed by atoms with Gasteiger partial charge in [-0.3, -0.25) is 29.0 Å². The summed E-state index contributed by atoms with van der Waals surface area (Å²) in [5.74, 6) is -2.69. The van der Waals surface area contributed by atoms with E-state index in [0.29, 0.717) is 81.0 Å². The van der Waals surface area contributed by atoms with Crippen molar-refractivity contribution in [1.29, 1.82) is 0 Å². The summed E-state index contributed by atoms with van der Waals surface area (Å²) in [7, 11) is 6.16. The third-order valence-electron chi connectivity index (χ3n) is 18.9. The number of aliphatic hydroxyl groups is 4. The highest BCUT2D eigenvalue weighted by Gasteiger charge is 2.79. The highest BCUT2D eigenvalue weighted by Crippen LogP contribution is 2.68. The van der Waals surface area contributed by atoms with Gasteiger partial charge in [0.25, 0.3) is 5.91 Å². The lowest BCUT2D eigenvalue weighted by molar-refractivity contribution is -0.203. The van der Waals surface area contributed by atoms with Crippen LogP contribution >= 0.6 is 0 Å². The number of para-hydroxylation sites is 1. The van der Waals surface area contributed by atoms with Crippen LogP contribution in [0.3, 0.4) is 0 Å². The highest BCUT2D eigenvalue weighted by atomic mass is 16.7. The van der Waals surface area contributed by atoms with E-state index in [4.69, 9.17) is 28.4 Å². The fraction of sp³-hybridized carbons (Fsp3) is 0.644. The number of nitrogens with one attached hydrogen (secondary N) is 3. The number of carbonyl (C=O) groups is 5. The van der Waals surface area contributed by atoms with Crippen molar-refractivity contribution in [2.24, 2.45) is 5.41 Å². The summed E-state index contributed by atoms with van der Waals surface area (Å²) >= 11 is 0. The molecule has 1 saturated carbocycles. The zero-order valence-electron chi connectivity index (χ0n) is 47.5. The van der Waals surface area contributed by atoms with Gasteiger partial charge in [0.15, 0.2) is 11.9 Å². The van der Waals surface area contributed by atoms with Crippen LogP contribution in [0.1, 0.15) is 114 Å². The zero-order chi connectivity index (χ0) is 57.5. The molecule has 5 unspecified atom stereocenters. The molecule has 6 heterocycles. The maximum atomic E-state index is 15.4. The molecule has 9 rings (SSSR count). The molecule has 1 spiro atoms. The molecule has 5 aliphatic heterocycles. The zero-order valence-corrected chi connectivity index (χ0v) is 47.5. The predicted octanol–water partition coefficient (Wildman–Crippen LogP) is 2.98. The number of H-pyrrole nitrogens is 1. The van der Waals surface area contributed by atoms with Gasteiger partial charge in [0.05, 0.1) is 45.2 Å². The Labute approximate surface area is 467 Å². The molecular weight excluding hydrogens is 1030 g/mol. The van der Waals surface area contributed by atoms with Crippen molar-refractivity contribution in [2.75, 3.05) is 79.3 Å². The lowest BCUT2D eigenvalue weighted by atomic mass is 9.47. The van der Waals surface area contributed by atoms with E-state index in [1.54, 1.807) is 7.11 Å². The molecule has 7 N–H and O–H groups in total.